The van der Waals surface area contributed by atoms with E-state index in [-0.39, 0.29) is 0 Å². The van der Waals surface area contributed by atoms with Crippen LogP contribution in [-0.4, -0.2) is 41.7 Å². The van der Waals surface area contributed by atoms with E-state index in [0.29, 0.717) is 6.42 Å². The fourth-order valence-corrected chi connectivity index (χ4v) is 5.43. The highest BCUT2D eigenvalue weighted by Crippen LogP contribution is 2.20. The second-order valence-electron chi connectivity index (χ2n) is 11.1. The van der Waals surface area contributed by atoms with E-state index in [1.54, 1.807) is 0 Å². The summed E-state index contributed by atoms with van der Waals surface area (Å²) in [7, 11) is 0. The smallest absolute Gasteiger partial charge is 0.303 e. The molecule has 34 heavy (non-hydrogen) atoms. The Labute approximate surface area is 215 Å². The molecule has 0 aromatic heterocycles. The van der Waals surface area contributed by atoms with Crippen LogP contribution in [0.3, 0.4) is 0 Å². The van der Waals surface area contributed by atoms with Crippen LogP contribution in [0.25, 0.3) is 0 Å². The lowest BCUT2D eigenvalue weighted by atomic mass is 10.0. The molecule has 0 unspecified atom stereocenters. The van der Waals surface area contributed by atoms with Crippen molar-refractivity contribution >= 4 is 5.97 Å². The Bertz CT molecular complexity index is 392. The molecule has 0 radical (unpaired) electrons. The van der Waals surface area contributed by atoms with E-state index in [2.05, 4.69) is 20.8 Å². The van der Waals surface area contributed by atoms with E-state index in [9.17, 15) is 4.79 Å². The number of rotatable bonds is 28. The van der Waals surface area contributed by atoms with Gasteiger partial charge in [0.05, 0.1) is 26.2 Å². The van der Waals surface area contributed by atoms with Crippen LogP contribution in [0, 0.1) is 0 Å². The summed E-state index contributed by atoms with van der Waals surface area (Å²) < 4.78 is 1.42. The first-order valence-electron chi connectivity index (χ1n) is 15.7. The van der Waals surface area contributed by atoms with Gasteiger partial charge in [0.2, 0.25) is 0 Å². The number of unbranched alkanes of at least 4 members (excludes halogenated alkanes) is 18. The van der Waals surface area contributed by atoms with Gasteiger partial charge in [-0.25, -0.2) is 0 Å². The molecule has 0 aromatic carbocycles. The van der Waals surface area contributed by atoms with Crippen LogP contribution < -0.4 is 0 Å². The number of carboxylic acids is 1. The van der Waals surface area contributed by atoms with Crippen molar-refractivity contribution in [1.29, 1.82) is 0 Å². The summed E-state index contributed by atoms with van der Waals surface area (Å²) in [5.74, 6) is -0.648. The number of aliphatic carboxylic acids is 1. The van der Waals surface area contributed by atoms with Gasteiger partial charge in [-0.05, 0) is 57.8 Å². The summed E-state index contributed by atoms with van der Waals surface area (Å²) in [6, 6.07) is 0. The Morgan fingerprint density at radius 3 is 1.00 bits per heavy atom. The summed E-state index contributed by atoms with van der Waals surface area (Å²) in [5, 5.41) is 8.70. The molecule has 3 heteroatoms. The van der Waals surface area contributed by atoms with Crippen molar-refractivity contribution in [3.63, 3.8) is 0 Å². The highest BCUT2D eigenvalue weighted by Gasteiger charge is 2.25. The maximum atomic E-state index is 10.6. The van der Waals surface area contributed by atoms with E-state index < -0.39 is 5.97 Å². The molecule has 0 spiro atoms. The van der Waals surface area contributed by atoms with Gasteiger partial charge in [-0.1, -0.05) is 104 Å². The van der Waals surface area contributed by atoms with Gasteiger partial charge in [0, 0.05) is 6.42 Å². The third-order valence-electron chi connectivity index (χ3n) is 7.73. The number of carboxylic acid groups (broad SMARTS) is 1. The fraction of sp³-hybridized carbons (Fsp3) is 0.968. The lowest BCUT2D eigenvalue weighted by Gasteiger charge is -2.39. The van der Waals surface area contributed by atoms with Crippen LogP contribution in [0.2, 0.25) is 0 Å². The zero-order chi connectivity index (χ0) is 25.2. The maximum absolute atomic E-state index is 10.6. The van der Waals surface area contributed by atoms with Crippen molar-refractivity contribution in [2.75, 3.05) is 26.2 Å². The lowest BCUT2D eigenvalue weighted by Crippen LogP contribution is -2.50. The van der Waals surface area contributed by atoms with Gasteiger partial charge in [0.25, 0.3) is 0 Å². The van der Waals surface area contributed by atoms with Gasteiger partial charge < -0.3 is 9.59 Å². The summed E-state index contributed by atoms with van der Waals surface area (Å²) in [4.78, 5) is 10.6. The summed E-state index contributed by atoms with van der Waals surface area (Å²) >= 11 is 0. The van der Waals surface area contributed by atoms with E-state index in [1.165, 1.54) is 159 Å². The van der Waals surface area contributed by atoms with Crippen molar-refractivity contribution in [2.24, 2.45) is 0 Å². The molecule has 204 valence electrons. The van der Waals surface area contributed by atoms with Crippen molar-refractivity contribution in [1.82, 2.24) is 0 Å². The molecule has 0 aromatic rings. The first kappa shape index (κ1) is 33.4. The Morgan fingerprint density at radius 1 is 0.441 bits per heavy atom. The normalized spacial score (nSPS) is 11.9. The minimum atomic E-state index is -0.648. The highest BCUT2D eigenvalue weighted by atomic mass is 16.4. The van der Waals surface area contributed by atoms with E-state index in [0.717, 1.165) is 12.8 Å². The second-order valence-corrected chi connectivity index (χ2v) is 11.1. The number of nitrogens with zero attached hydrogens (tertiary/aromatic N) is 1. The van der Waals surface area contributed by atoms with E-state index in [1.807, 2.05) is 0 Å². The van der Waals surface area contributed by atoms with Gasteiger partial charge in [-0.3, -0.25) is 4.79 Å². The quantitative estimate of drug-likeness (QED) is 0.0889. The lowest BCUT2D eigenvalue weighted by molar-refractivity contribution is -0.929. The standard InChI is InChI=1S/C31H63NO2/c1-4-7-10-22-27-32(28-23-11-8-5-2,29-24-12-9-6-3)30-25-20-18-16-14-13-15-17-19-21-26-31(33)34/h4-30H2,1-3H3/p+1. The number of hydrogen-bond acceptors (Lipinski definition) is 1. The monoisotopic (exact) mass is 482 g/mol. The van der Waals surface area contributed by atoms with Gasteiger partial charge in [-0.15, -0.1) is 0 Å². The zero-order valence-corrected chi connectivity index (χ0v) is 23.9. The predicted octanol–water partition coefficient (Wildman–Crippen LogP) is 9.92. The molecular weight excluding hydrogens is 418 g/mol. The van der Waals surface area contributed by atoms with Crippen molar-refractivity contribution < 1.29 is 14.4 Å². The summed E-state index contributed by atoms with van der Waals surface area (Å²) in [6.07, 6.45) is 29.9. The molecule has 0 aliphatic heterocycles. The molecule has 0 rings (SSSR count). The summed E-state index contributed by atoms with van der Waals surface area (Å²) in [6.45, 7) is 12.7. The average molecular weight is 483 g/mol. The number of hydrogen-bond donors (Lipinski definition) is 1. The Hall–Kier alpha value is -0.570. The van der Waals surface area contributed by atoms with Crippen molar-refractivity contribution in [3.05, 3.63) is 0 Å². The molecular formula is C31H64NO2+. The van der Waals surface area contributed by atoms with Crippen LogP contribution in [0.1, 0.15) is 168 Å². The van der Waals surface area contributed by atoms with Gasteiger partial charge in [-0.2, -0.15) is 0 Å². The third-order valence-corrected chi connectivity index (χ3v) is 7.73. The molecule has 3 nitrogen and oxygen atoms in total. The van der Waals surface area contributed by atoms with Gasteiger partial charge in [0.15, 0.2) is 0 Å². The molecule has 0 saturated heterocycles. The average Bonchev–Trinajstić information content (AvgIpc) is 2.83. The van der Waals surface area contributed by atoms with Crippen LogP contribution in [0.4, 0.5) is 0 Å². The van der Waals surface area contributed by atoms with Crippen molar-refractivity contribution in [3.8, 4) is 0 Å². The zero-order valence-electron chi connectivity index (χ0n) is 23.9. The van der Waals surface area contributed by atoms with Crippen LogP contribution in [-0.2, 0) is 4.79 Å². The molecule has 0 aliphatic rings. The van der Waals surface area contributed by atoms with E-state index >= 15 is 0 Å². The van der Waals surface area contributed by atoms with Crippen LogP contribution in [0.5, 0.6) is 0 Å². The third kappa shape index (κ3) is 21.9. The summed E-state index contributed by atoms with van der Waals surface area (Å²) in [5.41, 5.74) is 0. The van der Waals surface area contributed by atoms with Crippen molar-refractivity contribution in [2.45, 2.75) is 168 Å². The number of carbonyl (C=O) groups is 1. The number of quaternary nitrogens is 1. The SMILES string of the molecule is CCCCCC[N+](CCCCCC)(CCCCCC)CCCCCCCCCCCCC(=O)O. The molecule has 0 atom stereocenters. The van der Waals surface area contributed by atoms with Crippen LogP contribution >= 0.6 is 0 Å². The molecule has 0 aliphatic carbocycles. The molecule has 0 bridgehead atoms. The topological polar surface area (TPSA) is 37.3 Å². The first-order valence-corrected chi connectivity index (χ1v) is 15.7. The largest absolute Gasteiger partial charge is 0.481 e. The minimum absolute atomic E-state index is 0.343. The second kappa shape index (κ2) is 25.5. The Balaban J connectivity index is 4.32. The minimum Gasteiger partial charge on any atom is -0.481 e. The van der Waals surface area contributed by atoms with E-state index in [4.69, 9.17) is 5.11 Å². The molecule has 0 heterocycles. The first-order chi connectivity index (χ1) is 16.6. The highest BCUT2D eigenvalue weighted by molar-refractivity contribution is 5.66. The molecule has 0 saturated carbocycles. The Kier molecular flexibility index (Phi) is 25.1. The van der Waals surface area contributed by atoms with Gasteiger partial charge in [0.1, 0.15) is 0 Å². The molecule has 1 N–H and O–H groups in total. The maximum Gasteiger partial charge on any atom is 0.303 e. The fourth-order valence-electron chi connectivity index (χ4n) is 5.43. The predicted molar refractivity (Wildman–Crippen MR) is 151 cm³/mol. The van der Waals surface area contributed by atoms with Crippen LogP contribution in [0.15, 0.2) is 0 Å². The Morgan fingerprint density at radius 2 is 0.706 bits per heavy atom. The molecule has 0 fully saturated rings. The van der Waals surface area contributed by atoms with Gasteiger partial charge >= 0.3 is 5.97 Å². The molecule has 0 amide bonds.